The van der Waals surface area contributed by atoms with Gasteiger partial charge in [0.05, 0.1) is 6.26 Å². The van der Waals surface area contributed by atoms with Crippen LogP contribution in [0.2, 0.25) is 0 Å². The van der Waals surface area contributed by atoms with Gasteiger partial charge in [0.1, 0.15) is 0 Å². The van der Waals surface area contributed by atoms with Gasteiger partial charge >= 0.3 is 0 Å². The summed E-state index contributed by atoms with van der Waals surface area (Å²) < 4.78 is 25.2. The Morgan fingerprint density at radius 3 is 2.10 bits per heavy atom. The van der Waals surface area contributed by atoms with E-state index in [9.17, 15) is 8.42 Å². The molecule has 0 aliphatic heterocycles. The van der Waals surface area contributed by atoms with Gasteiger partial charge in [-0.2, -0.15) is 0 Å². The first-order valence-electron chi connectivity index (χ1n) is 6.43. The summed E-state index contributed by atoms with van der Waals surface area (Å²) in [5, 5.41) is 0. The third kappa shape index (κ3) is 3.39. The minimum absolute atomic E-state index is 0.184. The lowest BCUT2D eigenvalue weighted by molar-refractivity contribution is 0.606. The van der Waals surface area contributed by atoms with Gasteiger partial charge in [-0.15, -0.1) is 0 Å². The molecule has 106 valence electrons. The molecule has 0 bridgehead atoms. The Hall–Kier alpha value is -1.81. The zero-order valence-corrected chi connectivity index (χ0v) is 12.7. The lowest BCUT2D eigenvalue weighted by Crippen LogP contribution is -2.19. The van der Waals surface area contributed by atoms with Crippen LogP contribution in [0.4, 0.5) is 5.69 Å². The summed E-state index contributed by atoms with van der Waals surface area (Å²) >= 11 is 0. The molecular weight excluding hydrogens is 270 g/mol. The van der Waals surface area contributed by atoms with Crippen LogP contribution in [0.25, 0.3) is 0 Å². The first-order chi connectivity index (χ1) is 9.29. The Labute approximate surface area is 120 Å². The molecule has 0 fully saturated rings. The maximum atomic E-state index is 11.3. The third-order valence-electron chi connectivity index (χ3n) is 3.38. The van der Waals surface area contributed by atoms with Gasteiger partial charge in [-0.25, -0.2) is 8.42 Å². The molecule has 2 rings (SSSR count). The van der Waals surface area contributed by atoms with Crippen molar-refractivity contribution < 1.29 is 8.42 Å². The molecule has 0 heterocycles. The quantitative estimate of drug-likeness (QED) is 0.938. The van der Waals surface area contributed by atoms with E-state index in [4.69, 9.17) is 0 Å². The highest BCUT2D eigenvalue weighted by Gasteiger charge is 2.23. The standard InChI is InChI=1S/C16H19NO2S/c1-16(2,13-8-5-4-6-9-13)14-10-7-11-15(12-14)17-20(3,18)19/h4-12,17H,1-3H3. The van der Waals surface area contributed by atoms with E-state index < -0.39 is 10.0 Å². The monoisotopic (exact) mass is 289 g/mol. The van der Waals surface area contributed by atoms with Gasteiger partial charge in [-0.3, -0.25) is 4.72 Å². The van der Waals surface area contributed by atoms with Crippen LogP contribution in [0, 0.1) is 0 Å². The zero-order valence-electron chi connectivity index (χ0n) is 11.9. The highest BCUT2D eigenvalue weighted by atomic mass is 32.2. The van der Waals surface area contributed by atoms with E-state index in [1.165, 1.54) is 5.56 Å². The smallest absolute Gasteiger partial charge is 0.229 e. The van der Waals surface area contributed by atoms with E-state index in [1.807, 2.05) is 36.4 Å². The van der Waals surface area contributed by atoms with E-state index in [0.717, 1.165) is 11.8 Å². The molecule has 2 aromatic rings. The maximum Gasteiger partial charge on any atom is 0.229 e. The lowest BCUT2D eigenvalue weighted by Gasteiger charge is -2.26. The van der Waals surface area contributed by atoms with Crippen molar-refractivity contribution >= 4 is 15.7 Å². The molecule has 0 amide bonds. The van der Waals surface area contributed by atoms with E-state index in [-0.39, 0.29) is 5.41 Å². The van der Waals surface area contributed by atoms with Crippen molar-refractivity contribution in [2.45, 2.75) is 19.3 Å². The van der Waals surface area contributed by atoms with Crippen molar-refractivity contribution in [1.29, 1.82) is 0 Å². The topological polar surface area (TPSA) is 46.2 Å². The van der Waals surface area contributed by atoms with E-state index in [0.29, 0.717) is 5.69 Å². The lowest BCUT2D eigenvalue weighted by atomic mass is 9.78. The second-order valence-electron chi connectivity index (χ2n) is 5.45. The summed E-state index contributed by atoms with van der Waals surface area (Å²) in [5.74, 6) is 0. The highest BCUT2D eigenvalue weighted by Crippen LogP contribution is 2.32. The summed E-state index contributed by atoms with van der Waals surface area (Å²) in [6.45, 7) is 4.25. The number of sulfonamides is 1. The van der Waals surface area contributed by atoms with Gasteiger partial charge in [-0.1, -0.05) is 56.3 Å². The van der Waals surface area contributed by atoms with E-state index >= 15 is 0 Å². The largest absolute Gasteiger partial charge is 0.284 e. The minimum Gasteiger partial charge on any atom is -0.284 e. The predicted octanol–water partition coefficient (Wildman–Crippen LogP) is 3.38. The number of benzene rings is 2. The fourth-order valence-electron chi connectivity index (χ4n) is 2.21. The Morgan fingerprint density at radius 1 is 0.900 bits per heavy atom. The Kier molecular flexibility index (Phi) is 3.86. The molecule has 0 radical (unpaired) electrons. The second kappa shape index (κ2) is 5.29. The average molecular weight is 289 g/mol. The molecule has 1 N–H and O–H groups in total. The number of nitrogens with one attached hydrogen (secondary N) is 1. The van der Waals surface area contributed by atoms with Crippen molar-refractivity contribution in [3.63, 3.8) is 0 Å². The number of rotatable bonds is 4. The summed E-state index contributed by atoms with van der Waals surface area (Å²) in [6.07, 6.45) is 1.15. The van der Waals surface area contributed by atoms with E-state index in [1.54, 1.807) is 6.07 Å². The summed E-state index contributed by atoms with van der Waals surface area (Å²) in [7, 11) is -3.25. The van der Waals surface area contributed by atoms with Crippen molar-refractivity contribution in [1.82, 2.24) is 0 Å². The molecule has 2 aromatic carbocycles. The molecule has 0 aromatic heterocycles. The Bertz CT molecular complexity index is 691. The molecule has 0 spiro atoms. The molecule has 0 saturated carbocycles. The van der Waals surface area contributed by atoms with Crippen LogP contribution >= 0.6 is 0 Å². The Balaban J connectivity index is 2.40. The summed E-state index contributed by atoms with van der Waals surface area (Å²) in [4.78, 5) is 0. The normalized spacial score (nSPS) is 12.2. The molecule has 0 saturated heterocycles. The Morgan fingerprint density at radius 2 is 1.50 bits per heavy atom. The minimum atomic E-state index is -3.25. The molecule has 20 heavy (non-hydrogen) atoms. The maximum absolute atomic E-state index is 11.3. The van der Waals surface area contributed by atoms with Gasteiger partial charge in [0, 0.05) is 11.1 Å². The van der Waals surface area contributed by atoms with Crippen molar-refractivity contribution in [3.05, 3.63) is 65.7 Å². The number of hydrogen-bond donors (Lipinski definition) is 1. The summed E-state index contributed by atoms with van der Waals surface area (Å²) in [6, 6.07) is 17.7. The summed E-state index contributed by atoms with van der Waals surface area (Å²) in [5.41, 5.74) is 2.67. The molecule has 4 heteroatoms. The van der Waals surface area contributed by atoms with Crippen LogP contribution in [-0.4, -0.2) is 14.7 Å². The van der Waals surface area contributed by atoms with Gasteiger partial charge in [0.15, 0.2) is 0 Å². The molecule has 0 aliphatic carbocycles. The fourth-order valence-corrected chi connectivity index (χ4v) is 2.76. The first-order valence-corrected chi connectivity index (χ1v) is 8.32. The average Bonchev–Trinajstić information content (AvgIpc) is 2.38. The predicted molar refractivity (Wildman–Crippen MR) is 83.5 cm³/mol. The zero-order chi connectivity index (χ0) is 14.8. The molecule has 3 nitrogen and oxygen atoms in total. The molecular formula is C16H19NO2S. The number of anilines is 1. The van der Waals surface area contributed by atoms with Crippen molar-refractivity contribution in [3.8, 4) is 0 Å². The van der Waals surface area contributed by atoms with Crippen LogP contribution in [0.3, 0.4) is 0 Å². The van der Waals surface area contributed by atoms with Crippen molar-refractivity contribution in [2.24, 2.45) is 0 Å². The highest BCUT2D eigenvalue weighted by molar-refractivity contribution is 7.92. The van der Waals surface area contributed by atoms with E-state index in [2.05, 4.69) is 30.7 Å². The molecule has 0 aliphatic rings. The van der Waals surface area contributed by atoms with Crippen LogP contribution < -0.4 is 4.72 Å². The van der Waals surface area contributed by atoms with Crippen LogP contribution in [0.15, 0.2) is 54.6 Å². The van der Waals surface area contributed by atoms with Crippen LogP contribution in [0.5, 0.6) is 0 Å². The van der Waals surface area contributed by atoms with Crippen LogP contribution in [-0.2, 0) is 15.4 Å². The molecule has 0 unspecified atom stereocenters. The van der Waals surface area contributed by atoms with Gasteiger partial charge in [0.25, 0.3) is 0 Å². The van der Waals surface area contributed by atoms with Crippen LogP contribution in [0.1, 0.15) is 25.0 Å². The molecule has 0 atom stereocenters. The van der Waals surface area contributed by atoms with Gasteiger partial charge in [-0.05, 0) is 23.3 Å². The second-order valence-corrected chi connectivity index (χ2v) is 7.19. The van der Waals surface area contributed by atoms with Gasteiger partial charge in [0.2, 0.25) is 10.0 Å². The fraction of sp³-hybridized carbons (Fsp3) is 0.250. The SMILES string of the molecule is CC(C)(c1ccccc1)c1cccc(NS(C)(=O)=O)c1. The number of hydrogen-bond acceptors (Lipinski definition) is 2. The third-order valence-corrected chi connectivity index (χ3v) is 3.99. The van der Waals surface area contributed by atoms with Gasteiger partial charge < -0.3 is 0 Å². The first kappa shape index (κ1) is 14.6. The van der Waals surface area contributed by atoms with Crippen molar-refractivity contribution in [2.75, 3.05) is 11.0 Å².